The molecule has 0 aliphatic carbocycles. The Hall–Kier alpha value is -2.91. The van der Waals surface area contributed by atoms with Gasteiger partial charge in [-0.3, -0.25) is 9.78 Å². The zero-order chi connectivity index (χ0) is 20.6. The molecule has 3 rings (SSSR count). The Morgan fingerprint density at radius 3 is 2.39 bits per heavy atom. The third kappa shape index (κ3) is 3.85. The van der Waals surface area contributed by atoms with Crippen molar-refractivity contribution in [2.24, 2.45) is 0 Å². The molecule has 0 fully saturated rings. The molecule has 0 unspecified atom stereocenters. The minimum atomic E-state index is -4.28. The van der Waals surface area contributed by atoms with E-state index in [4.69, 9.17) is 0 Å². The molecule has 0 saturated carbocycles. The fraction of sp³-hybridized carbons (Fsp3) is 0.389. The van der Waals surface area contributed by atoms with Crippen LogP contribution >= 0.6 is 0 Å². The van der Waals surface area contributed by atoms with Crippen LogP contribution in [0, 0.1) is 0 Å². The number of alkyl halides is 4. The Labute approximate surface area is 157 Å². The molecular formula is C18H19F4N5O. The number of anilines is 1. The first-order valence-corrected chi connectivity index (χ1v) is 8.51. The van der Waals surface area contributed by atoms with Crippen LogP contribution in [0.15, 0.2) is 29.1 Å². The first kappa shape index (κ1) is 19.8. The van der Waals surface area contributed by atoms with Crippen LogP contribution in [0.4, 0.5) is 23.5 Å². The topological polar surface area (TPSA) is 66.8 Å². The largest absolute Gasteiger partial charge is 0.393 e. The molecule has 0 radical (unpaired) electrons. The van der Waals surface area contributed by atoms with Gasteiger partial charge in [0, 0.05) is 14.1 Å². The lowest BCUT2D eigenvalue weighted by molar-refractivity contribution is -0.127. The molecule has 1 atom stereocenters. The molecule has 6 nitrogen and oxygen atoms in total. The van der Waals surface area contributed by atoms with E-state index in [-0.39, 0.29) is 28.2 Å². The molecule has 2 heterocycles. The summed E-state index contributed by atoms with van der Waals surface area (Å²) in [7, 11) is 3.40. The van der Waals surface area contributed by atoms with Gasteiger partial charge < -0.3 is 4.90 Å². The minimum absolute atomic E-state index is 0.0328. The van der Waals surface area contributed by atoms with Gasteiger partial charge in [0.15, 0.2) is 5.65 Å². The summed E-state index contributed by atoms with van der Waals surface area (Å²) in [6.45, 7) is 0.818. The highest BCUT2D eigenvalue weighted by Gasteiger charge is 2.27. The molecule has 1 N–H and O–H groups in total. The summed E-state index contributed by atoms with van der Waals surface area (Å²) in [5.41, 5.74) is 0.485. The third-order valence-corrected chi connectivity index (χ3v) is 4.41. The Bertz CT molecular complexity index is 1040. The Kier molecular flexibility index (Phi) is 5.14. The van der Waals surface area contributed by atoms with Gasteiger partial charge in [0.2, 0.25) is 5.95 Å². The van der Waals surface area contributed by atoms with Gasteiger partial charge in [-0.05, 0) is 18.1 Å². The molecule has 150 valence electrons. The predicted octanol–water partition coefficient (Wildman–Crippen LogP) is 3.37. The van der Waals surface area contributed by atoms with E-state index in [0.717, 1.165) is 0 Å². The number of H-pyrrole nitrogens is 1. The summed E-state index contributed by atoms with van der Waals surface area (Å²) in [5.74, 6) is 0.289. The zero-order valence-corrected chi connectivity index (χ0v) is 15.5. The minimum Gasteiger partial charge on any atom is -0.348 e. The second-order valence-corrected chi connectivity index (χ2v) is 6.72. The number of aromatic amines is 1. The summed E-state index contributed by atoms with van der Waals surface area (Å²) in [5, 5.41) is 4.25. The number of rotatable bonds is 5. The van der Waals surface area contributed by atoms with Crippen molar-refractivity contribution in [2.45, 2.75) is 32.2 Å². The quantitative estimate of drug-likeness (QED) is 0.671. The standard InChI is InChI=1S/C18H19F4N5O/c1-10(12-6-4-11(5-7-12)8-18(20,21)22)27-15-14(13(9-19)25-27)16(28)24-17(23-15)26(2)3/h4-7,10H,8-9H2,1-3H3,(H,23,24,28)/t10-/m1/s1. The van der Waals surface area contributed by atoms with Crippen LogP contribution in [-0.2, 0) is 13.1 Å². The van der Waals surface area contributed by atoms with E-state index in [1.165, 1.54) is 16.8 Å². The highest BCUT2D eigenvalue weighted by atomic mass is 19.4. The zero-order valence-electron chi connectivity index (χ0n) is 15.5. The van der Waals surface area contributed by atoms with Crippen molar-refractivity contribution in [3.63, 3.8) is 0 Å². The lowest BCUT2D eigenvalue weighted by atomic mass is 10.0. The van der Waals surface area contributed by atoms with Crippen molar-refractivity contribution < 1.29 is 17.6 Å². The van der Waals surface area contributed by atoms with Gasteiger partial charge >= 0.3 is 6.18 Å². The summed E-state index contributed by atoms with van der Waals surface area (Å²) in [6, 6.07) is 5.45. The SMILES string of the molecule is C[C@H](c1ccc(CC(F)(F)F)cc1)n1nc(CF)c2c(=O)[nH]c(N(C)C)nc21. The summed E-state index contributed by atoms with van der Waals surface area (Å²) in [6.07, 6.45) is -5.30. The second kappa shape index (κ2) is 7.25. The van der Waals surface area contributed by atoms with Gasteiger partial charge in [-0.25, -0.2) is 9.07 Å². The van der Waals surface area contributed by atoms with Gasteiger partial charge in [-0.2, -0.15) is 23.3 Å². The van der Waals surface area contributed by atoms with Gasteiger partial charge in [0.25, 0.3) is 5.56 Å². The number of aromatic nitrogens is 4. The molecule has 0 aliphatic rings. The van der Waals surface area contributed by atoms with Crippen molar-refractivity contribution >= 4 is 17.0 Å². The maximum absolute atomic E-state index is 13.4. The van der Waals surface area contributed by atoms with E-state index in [1.807, 2.05) is 0 Å². The summed E-state index contributed by atoms with van der Waals surface area (Å²) >= 11 is 0. The predicted molar refractivity (Wildman–Crippen MR) is 97.3 cm³/mol. The van der Waals surface area contributed by atoms with Crippen molar-refractivity contribution in [2.75, 3.05) is 19.0 Å². The van der Waals surface area contributed by atoms with Crippen LogP contribution < -0.4 is 10.5 Å². The molecule has 10 heteroatoms. The Morgan fingerprint density at radius 1 is 1.21 bits per heavy atom. The molecule has 0 amide bonds. The van der Waals surface area contributed by atoms with E-state index in [2.05, 4.69) is 15.1 Å². The van der Waals surface area contributed by atoms with Crippen LogP contribution in [0.3, 0.4) is 0 Å². The molecule has 1 aromatic carbocycles. The monoisotopic (exact) mass is 397 g/mol. The lowest BCUT2D eigenvalue weighted by Crippen LogP contribution is -2.20. The summed E-state index contributed by atoms with van der Waals surface area (Å²) < 4.78 is 52.4. The first-order chi connectivity index (χ1) is 13.1. The number of hydrogen-bond acceptors (Lipinski definition) is 4. The highest BCUT2D eigenvalue weighted by Crippen LogP contribution is 2.26. The van der Waals surface area contributed by atoms with E-state index in [0.29, 0.717) is 5.56 Å². The average molecular weight is 397 g/mol. The number of fused-ring (bicyclic) bond motifs is 1. The number of nitrogens with one attached hydrogen (secondary N) is 1. The molecule has 0 aliphatic heterocycles. The van der Waals surface area contributed by atoms with Crippen LogP contribution in [0.25, 0.3) is 11.0 Å². The van der Waals surface area contributed by atoms with Crippen LogP contribution in [-0.4, -0.2) is 40.0 Å². The van der Waals surface area contributed by atoms with E-state index < -0.39 is 30.9 Å². The van der Waals surface area contributed by atoms with E-state index >= 15 is 0 Å². The van der Waals surface area contributed by atoms with Crippen LogP contribution in [0.5, 0.6) is 0 Å². The third-order valence-electron chi connectivity index (χ3n) is 4.41. The van der Waals surface area contributed by atoms with E-state index in [9.17, 15) is 22.4 Å². The van der Waals surface area contributed by atoms with Gasteiger partial charge in [0.1, 0.15) is 17.8 Å². The van der Waals surface area contributed by atoms with Crippen LogP contribution in [0.2, 0.25) is 0 Å². The molecule has 3 aromatic rings. The Morgan fingerprint density at radius 2 is 1.86 bits per heavy atom. The van der Waals surface area contributed by atoms with E-state index in [1.54, 1.807) is 38.1 Å². The number of hydrogen-bond donors (Lipinski definition) is 1. The molecule has 0 bridgehead atoms. The Balaban J connectivity index is 2.06. The lowest BCUT2D eigenvalue weighted by Gasteiger charge is -2.16. The van der Waals surface area contributed by atoms with Crippen molar-refractivity contribution in [1.29, 1.82) is 0 Å². The fourth-order valence-electron chi connectivity index (χ4n) is 2.97. The van der Waals surface area contributed by atoms with Crippen molar-refractivity contribution in [3.8, 4) is 0 Å². The van der Waals surface area contributed by atoms with Gasteiger partial charge in [-0.1, -0.05) is 24.3 Å². The van der Waals surface area contributed by atoms with Gasteiger partial charge in [-0.15, -0.1) is 0 Å². The number of halogens is 4. The van der Waals surface area contributed by atoms with Crippen LogP contribution in [0.1, 0.15) is 29.8 Å². The average Bonchev–Trinajstić information content (AvgIpc) is 2.99. The molecular weight excluding hydrogens is 378 g/mol. The fourth-order valence-corrected chi connectivity index (χ4v) is 2.97. The summed E-state index contributed by atoms with van der Waals surface area (Å²) in [4.78, 5) is 20.9. The molecule has 0 spiro atoms. The number of nitrogens with zero attached hydrogens (tertiary/aromatic N) is 4. The van der Waals surface area contributed by atoms with Gasteiger partial charge in [0.05, 0.1) is 12.5 Å². The molecule has 0 saturated heterocycles. The normalized spacial score (nSPS) is 13.1. The maximum Gasteiger partial charge on any atom is 0.393 e. The molecule has 2 aromatic heterocycles. The first-order valence-electron chi connectivity index (χ1n) is 8.51. The van der Waals surface area contributed by atoms with Crippen molar-refractivity contribution in [1.82, 2.24) is 19.7 Å². The highest BCUT2D eigenvalue weighted by molar-refractivity contribution is 5.78. The maximum atomic E-state index is 13.4. The number of benzene rings is 1. The molecule has 28 heavy (non-hydrogen) atoms. The smallest absolute Gasteiger partial charge is 0.348 e. The van der Waals surface area contributed by atoms with Crippen molar-refractivity contribution in [3.05, 3.63) is 51.4 Å². The second-order valence-electron chi connectivity index (χ2n) is 6.72.